The Morgan fingerprint density at radius 3 is 2.51 bits per heavy atom. The number of hydrogen-bond acceptors (Lipinski definition) is 4. The van der Waals surface area contributed by atoms with Gasteiger partial charge >= 0.3 is 0 Å². The van der Waals surface area contributed by atoms with Crippen molar-refractivity contribution in [3.63, 3.8) is 0 Å². The Kier molecular flexibility index (Phi) is 8.67. The van der Waals surface area contributed by atoms with Crippen molar-refractivity contribution in [2.24, 2.45) is 5.73 Å². The zero-order chi connectivity index (χ0) is 31.6. The Balaban J connectivity index is 1.17. The lowest BCUT2D eigenvalue weighted by Crippen LogP contribution is -2.31. The number of nitrogens with one attached hydrogen (secondary N) is 1. The molecule has 0 saturated heterocycles. The van der Waals surface area contributed by atoms with Gasteiger partial charge in [0.25, 0.3) is 0 Å². The minimum absolute atomic E-state index is 0.0320. The summed E-state index contributed by atoms with van der Waals surface area (Å²) >= 11 is 0. The van der Waals surface area contributed by atoms with Gasteiger partial charge in [-0.15, -0.1) is 0 Å². The Labute approximate surface area is 269 Å². The van der Waals surface area contributed by atoms with Gasteiger partial charge in [0.15, 0.2) is 0 Å². The molecule has 0 aliphatic heterocycles. The van der Waals surface area contributed by atoms with E-state index in [4.69, 9.17) is 10.7 Å². The van der Waals surface area contributed by atoms with Crippen LogP contribution >= 0.6 is 0 Å². The average molecular weight is 595 g/mol. The Bertz CT molecular complexity index is 1770. The molecule has 1 aromatic heterocycles. The zero-order valence-corrected chi connectivity index (χ0v) is 27.3. The maximum atomic E-state index is 9.32. The fraction of sp³-hybridized carbons (Fsp3) is 0.366. The van der Waals surface area contributed by atoms with Gasteiger partial charge in [0, 0.05) is 46.5 Å². The van der Waals surface area contributed by atoms with Crippen molar-refractivity contribution in [1.29, 1.82) is 5.26 Å². The van der Waals surface area contributed by atoms with Crippen molar-refractivity contribution in [2.75, 3.05) is 6.54 Å². The van der Waals surface area contributed by atoms with E-state index < -0.39 is 0 Å². The fourth-order valence-corrected chi connectivity index (χ4v) is 6.80. The first-order valence-corrected chi connectivity index (χ1v) is 16.6. The van der Waals surface area contributed by atoms with Crippen LogP contribution in [0, 0.1) is 25.2 Å². The fourth-order valence-electron chi connectivity index (χ4n) is 6.80. The summed E-state index contributed by atoms with van der Waals surface area (Å²) in [6.45, 7) is 9.31. The molecular formula is C41H46N4. The summed E-state index contributed by atoms with van der Waals surface area (Å²) < 4.78 is 0. The van der Waals surface area contributed by atoms with Crippen LogP contribution in [0.15, 0.2) is 89.7 Å². The molecule has 0 bridgehead atoms. The number of nitriles is 1. The summed E-state index contributed by atoms with van der Waals surface area (Å²) in [5.74, 6) is 0. The van der Waals surface area contributed by atoms with Crippen molar-refractivity contribution in [3.8, 4) is 6.07 Å². The van der Waals surface area contributed by atoms with Gasteiger partial charge in [-0.3, -0.25) is 4.98 Å². The number of hydrogen-bond donors (Lipinski definition) is 2. The van der Waals surface area contributed by atoms with E-state index >= 15 is 0 Å². The largest absolute Gasteiger partial charge is 0.402 e. The summed E-state index contributed by atoms with van der Waals surface area (Å²) in [4.78, 5) is 5.07. The molecule has 1 heterocycles. The number of allylic oxidation sites excluding steroid dienone is 5. The van der Waals surface area contributed by atoms with Gasteiger partial charge in [0.2, 0.25) is 0 Å². The topological polar surface area (TPSA) is 74.7 Å². The molecule has 2 fully saturated rings. The molecule has 3 aromatic rings. The van der Waals surface area contributed by atoms with Crippen LogP contribution in [0.4, 0.5) is 0 Å². The van der Waals surface area contributed by atoms with Gasteiger partial charge in [-0.05, 0) is 111 Å². The monoisotopic (exact) mass is 594 g/mol. The highest BCUT2D eigenvalue weighted by atomic mass is 15.0. The summed E-state index contributed by atoms with van der Waals surface area (Å²) in [6, 6.07) is 22.6. The second-order valence-corrected chi connectivity index (χ2v) is 13.4. The van der Waals surface area contributed by atoms with Gasteiger partial charge in [0.05, 0.1) is 11.8 Å². The first-order valence-electron chi connectivity index (χ1n) is 16.6. The molecule has 4 nitrogen and oxygen atoms in total. The zero-order valence-electron chi connectivity index (χ0n) is 27.3. The molecule has 6 rings (SSSR count). The number of aromatic nitrogens is 1. The minimum atomic E-state index is 0.0320. The molecule has 0 radical (unpaired) electrons. The number of rotatable bonds is 11. The van der Waals surface area contributed by atoms with Crippen LogP contribution in [0.25, 0.3) is 11.6 Å². The van der Waals surface area contributed by atoms with Crippen LogP contribution in [0.3, 0.4) is 0 Å². The number of pyridine rings is 1. The number of nitrogens with zero attached hydrogens (tertiary/aromatic N) is 2. The molecule has 2 saturated carbocycles. The van der Waals surface area contributed by atoms with Gasteiger partial charge < -0.3 is 11.1 Å². The molecule has 0 spiro atoms. The highest BCUT2D eigenvalue weighted by Crippen LogP contribution is 2.50. The first kappa shape index (κ1) is 30.8. The van der Waals surface area contributed by atoms with E-state index in [1.807, 2.05) is 6.92 Å². The van der Waals surface area contributed by atoms with E-state index in [2.05, 4.69) is 111 Å². The molecule has 4 heteroatoms. The van der Waals surface area contributed by atoms with E-state index in [0.29, 0.717) is 0 Å². The molecule has 0 unspecified atom stereocenters. The van der Waals surface area contributed by atoms with Crippen molar-refractivity contribution in [2.45, 2.75) is 90.0 Å². The predicted molar refractivity (Wildman–Crippen MR) is 186 cm³/mol. The third-order valence-corrected chi connectivity index (χ3v) is 10.1. The lowest BCUT2D eigenvalue weighted by Gasteiger charge is -2.22. The second kappa shape index (κ2) is 12.7. The van der Waals surface area contributed by atoms with E-state index in [9.17, 15) is 5.26 Å². The summed E-state index contributed by atoms with van der Waals surface area (Å²) in [6.07, 6.45) is 17.2. The quantitative estimate of drug-likeness (QED) is 0.233. The third kappa shape index (κ3) is 6.75. The van der Waals surface area contributed by atoms with E-state index in [1.54, 1.807) is 0 Å². The smallest absolute Gasteiger partial charge is 0.0947 e. The number of benzene rings is 2. The predicted octanol–water partition coefficient (Wildman–Crippen LogP) is 8.69. The van der Waals surface area contributed by atoms with Gasteiger partial charge in [-0.2, -0.15) is 5.26 Å². The maximum Gasteiger partial charge on any atom is 0.0947 e. The molecule has 0 amide bonds. The summed E-state index contributed by atoms with van der Waals surface area (Å²) in [7, 11) is 0. The maximum absolute atomic E-state index is 9.32. The van der Waals surface area contributed by atoms with Crippen molar-refractivity contribution in [3.05, 3.63) is 134 Å². The number of aryl methyl sites for hydroxylation is 3. The Morgan fingerprint density at radius 2 is 1.84 bits per heavy atom. The van der Waals surface area contributed by atoms with Crippen molar-refractivity contribution < 1.29 is 0 Å². The van der Waals surface area contributed by atoms with Crippen molar-refractivity contribution in [1.82, 2.24) is 10.3 Å². The second-order valence-electron chi connectivity index (χ2n) is 13.4. The van der Waals surface area contributed by atoms with Crippen LogP contribution in [0.2, 0.25) is 0 Å². The molecule has 230 valence electrons. The van der Waals surface area contributed by atoms with Crippen LogP contribution < -0.4 is 11.1 Å². The van der Waals surface area contributed by atoms with E-state index in [1.165, 1.54) is 46.2 Å². The van der Waals surface area contributed by atoms with E-state index in [0.717, 1.165) is 78.9 Å². The molecule has 3 N–H and O–H groups in total. The summed E-state index contributed by atoms with van der Waals surface area (Å²) in [5.41, 5.74) is 20.7. The highest BCUT2D eigenvalue weighted by Gasteiger charge is 2.44. The van der Waals surface area contributed by atoms with E-state index in [-0.39, 0.29) is 11.0 Å². The molecule has 3 aliphatic rings. The van der Waals surface area contributed by atoms with Crippen molar-refractivity contribution >= 4 is 11.6 Å². The molecule has 45 heavy (non-hydrogen) atoms. The SMILES string of the molecule is CCc1cc(C2(NCC3=CCCC(C#N)=C3)CC2)ccc1C/C(=C(/C)N)c1ccc(/C=C/C2(c3cccc(C)c3)CC2)c(C)n1. The first-order chi connectivity index (χ1) is 21.7. The standard InChI is InChI=1S/C41H46N4/c1-5-33-24-37(41(20-21-41)44-27-32-10-7-9-31(23-32)26-42)14-12-35(33)25-38(29(3)43)39-15-13-34(30(4)45-39)16-17-40(18-19-40)36-11-6-8-28(2)22-36/h6,8,10-17,22-24,44H,5,7,9,18-21,25,27,43H2,1-4H3/b17-16+,38-29+. The molecule has 0 atom stereocenters. The molecular weight excluding hydrogens is 548 g/mol. The molecule has 2 aromatic carbocycles. The van der Waals surface area contributed by atoms with Crippen LogP contribution in [-0.4, -0.2) is 11.5 Å². The minimum Gasteiger partial charge on any atom is -0.402 e. The van der Waals surface area contributed by atoms with Gasteiger partial charge in [0.1, 0.15) is 0 Å². The molecule has 3 aliphatic carbocycles. The van der Waals surface area contributed by atoms with Crippen LogP contribution in [-0.2, 0) is 23.8 Å². The van der Waals surface area contributed by atoms with Crippen LogP contribution in [0.5, 0.6) is 0 Å². The normalized spacial score (nSPS) is 18.6. The lowest BCUT2D eigenvalue weighted by molar-refractivity contribution is 0.548. The Hall–Kier alpha value is -4.20. The Morgan fingerprint density at radius 1 is 1.02 bits per heavy atom. The summed E-state index contributed by atoms with van der Waals surface area (Å²) in [5, 5.41) is 13.2. The van der Waals surface area contributed by atoms with Crippen LogP contribution in [0.1, 0.15) is 97.1 Å². The lowest BCUT2D eigenvalue weighted by atomic mass is 9.91. The van der Waals surface area contributed by atoms with Gasteiger partial charge in [-0.1, -0.05) is 79.2 Å². The number of nitrogens with two attached hydrogens (primary N) is 1. The van der Waals surface area contributed by atoms with Gasteiger partial charge in [-0.25, -0.2) is 0 Å². The third-order valence-electron chi connectivity index (χ3n) is 10.1. The average Bonchev–Trinajstić information content (AvgIpc) is 3.99. The highest BCUT2D eigenvalue weighted by molar-refractivity contribution is 5.69.